The summed E-state index contributed by atoms with van der Waals surface area (Å²) in [5, 5.41) is 0. The minimum absolute atomic E-state index is 0.283. The molecule has 0 aliphatic carbocycles. The van der Waals surface area contributed by atoms with Crippen LogP contribution in [0, 0.1) is 0 Å². The average Bonchev–Trinajstić information content (AvgIpc) is 2.60. The Balaban J connectivity index is 2.00. The van der Waals surface area contributed by atoms with E-state index in [0.29, 0.717) is 6.61 Å². The number of esters is 1. The molecule has 126 valence electrons. The van der Waals surface area contributed by atoms with Gasteiger partial charge in [-0.05, 0) is 30.7 Å². The number of hydrogen-bond acceptors (Lipinski definition) is 6. The average molecular weight is 322 g/mol. The van der Waals surface area contributed by atoms with E-state index in [1.165, 1.54) is 7.11 Å². The number of benzene rings is 1. The lowest BCUT2D eigenvalue weighted by Crippen LogP contribution is -2.44. The van der Waals surface area contributed by atoms with Gasteiger partial charge in [0.25, 0.3) is 0 Å². The van der Waals surface area contributed by atoms with Gasteiger partial charge in [0, 0.05) is 7.11 Å². The summed E-state index contributed by atoms with van der Waals surface area (Å²) in [5.74, 6) is 0.320. The molecule has 23 heavy (non-hydrogen) atoms. The third kappa shape index (κ3) is 4.79. The molecule has 1 aliphatic rings. The summed E-state index contributed by atoms with van der Waals surface area (Å²) in [6, 6.07) is 7.53. The Morgan fingerprint density at radius 2 is 1.91 bits per heavy atom. The summed E-state index contributed by atoms with van der Waals surface area (Å²) in [7, 11) is 3.13. The Morgan fingerprint density at radius 1 is 1.17 bits per heavy atom. The van der Waals surface area contributed by atoms with Crippen LogP contribution in [0.5, 0.6) is 5.75 Å². The first-order chi connectivity index (χ1) is 11.2. The maximum Gasteiger partial charge on any atom is 0.338 e. The molecule has 0 saturated heterocycles. The van der Waals surface area contributed by atoms with Crippen molar-refractivity contribution in [3.05, 3.63) is 42.0 Å². The maximum absolute atomic E-state index is 12.0. The van der Waals surface area contributed by atoms with E-state index in [9.17, 15) is 4.79 Å². The molecule has 6 nitrogen and oxygen atoms in total. The highest BCUT2D eigenvalue weighted by molar-refractivity contribution is 5.76. The number of hydrogen-bond donors (Lipinski definition) is 0. The molecule has 0 N–H and O–H groups in total. The Kier molecular flexibility index (Phi) is 6.58. The van der Waals surface area contributed by atoms with Crippen LogP contribution >= 0.6 is 0 Å². The van der Waals surface area contributed by atoms with E-state index in [1.807, 2.05) is 24.3 Å². The van der Waals surface area contributed by atoms with Gasteiger partial charge in [0.1, 0.15) is 11.9 Å². The maximum atomic E-state index is 12.0. The zero-order valence-electron chi connectivity index (χ0n) is 13.6. The molecule has 1 aromatic rings. The van der Waals surface area contributed by atoms with Crippen molar-refractivity contribution in [2.75, 3.05) is 20.8 Å². The fourth-order valence-corrected chi connectivity index (χ4v) is 2.17. The molecule has 0 amide bonds. The molecule has 0 aromatic heterocycles. The number of methoxy groups -OCH3 is 2. The van der Waals surface area contributed by atoms with Crippen LogP contribution in [0.4, 0.5) is 0 Å². The fourth-order valence-electron chi connectivity index (χ4n) is 2.17. The fraction of sp³-hybridized carbons (Fsp3) is 0.471. The molecule has 1 aliphatic heterocycles. The Hall–Kier alpha value is -1.89. The van der Waals surface area contributed by atoms with Gasteiger partial charge >= 0.3 is 5.97 Å². The van der Waals surface area contributed by atoms with Crippen LogP contribution in [0.1, 0.15) is 12.5 Å². The van der Waals surface area contributed by atoms with Gasteiger partial charge in [-0.15, -0.1) is 0 Å². The Bertz CT molecular complexity index is 524. The summed E-state index contributed by atoms with van der Waals surface area (Å²) in [6.07, 6.45) is 1.54. The van der Waals surface area contributed by atoms with E-state index in [4.69, 9.17) is 23.7 Å². The number of carbonyl (C=O) groups is 1. The lowest BCUT2D eigenvalue weighted by atomic mass is 10.1. The van der Waals surface area contributed by atoms with E-state index in [-0.39, 0.29) is 6.61 Å². The van der Waals surface area contributed by atoms with Crippen molar-refractivity contribution in [1.29, 1.82) is 0 Å². The first-order valence-corrected chi connectivity index (χ1v) is 7.45. The highest BCUT2D eigenvalue weighted by atomic mass is 16.7. The highest BCUT2D eigenvalue weighted by Gasteiger charge is 2.35. The summed E-state index contributed by atoms with van der Waals surface area (Å²) in [6.45, 7) is 2.37. The second-order valence-electron chi connectivity index (χ2n) is 4.92. The molecule has 3 atom stereocenters. The predicted octanol–water partition coefficient (Wildman–Crippen LogP) is 2.07. The van der Waals surface area contributed by atoms with Crippen LogP contribution in [-0.2, 0) is 30.3 Å². The standard InChI is InChI=1S/C17H22O6/c1-4-21-17(18)16-14(9-10-15(20-3)23-16)22-11-12-5-7-13(19-2)8-6-12/h5-10,14-16H,4,11H2,1-3H3/t14-,15+,16-/m1/s1. The van der Waals surface area contributed by atoms with Gasteiger partial charge in [0.05, 0.1) is 20.3 Å². The van der Waals surface area contributed by atoms with Crippen molar-refractivity contribution in [3.8, 4) is 5.75 Å². The third-order valence-electron chi connectivity index (χ3n) is 3.39. The first kappa shape index (κ1) is 17.5. The molecule has 0 saturated carbocycles. The molecule has 1 heterocycles. The summed E-state index contributed by atoms with van der Waals surface area (Å²) in [4.78, 5) is 12.0. The van der Waals surface area contributed by atoms with Gasteiger partial charge in [0.2, 0.25) is 0 Å². The minimum atomic E-state index is -0.844. The molecule has 0 fully saturated rings. The largest absolute Gasteiger partial charge is 0.497 e. The van der Waals surface area contributed by atoms with Crippen molar-refractivity contribution in [2.45, 2.75) is 32.0 Å². The predicted molar refractivity (Wildman–Crippen MR) is 83.0 cm³/mol. The van der Waals surface area contributed by atoms with Crippen molar-refractivity contribution in [2.24, 2.45) is 0 Å². The first-order valence-electron chi connectivity index (χ1n) is 7.45. The van der Waals surface area contributed by atoms with Crippen LogP contribution < -0.4 is 4.74 Å². The number of ether oxygens (including phenoxy) is 5. The summed E-state index contributed by atoms with van der Waals surface area (Å²) < 4.78 is 26.6. The van der Waals surface area contributed by atoms with E-state index in [1.54, 1.807) is 26.2 Å². The highest BCUT2D eigenvalue weighted by Crippen LogP contribution is 2.20. The van der Waals surface area contributed by atoms with Gasteiger partial charge in [-0.25, -0.2) is 4.79 Å². The van der Waals surface area contributed by atoms with Crippen molar-refractivity contribution in [1.82, 2.24) is 0 Å². The lowest BCUT2D eigenvalue weighted by molar-refractivity contribution is -0.196. The van der Waals surface area contributed by atoms with Gasteiger partial charge in [0.15, 0.2) is 12.4 Å². The molecule has 2 rings (SSSR count). The smallest absolute Gasteiger partial charge is 0.338 e. The van der Waals surface area contributed by atoms with Crippen molar-refractivity contribution in [3.63, 3.8) is 0 Å². The van der Waals surface area contributed by atoms with Crippen LogP contribution in [-0.4, -0.2) is 45.3 Å². The quantitative estimate of drug-likeness (QED) is 0.566. The van der Waals surface area contributed by atoms with E-state index in [2.05, 4.69) is 0 Å². The Morgan fingerprint density at radius 3 is 2.52 bits per heavy atom. The minimum Gasteiger partial charge on any atom is -0.497 e. The van der Waals surface area contributed by atoms with Gasteiger partial charge < -0.3 is 23.7 Å². The molecule has 0 spiro atoms. The summed E-state index contributed by atoms with van der Waals surface area (Å²) >= 11 is 0. The van der Waals surface area contributed by atoms with E-state index >= 15 is 0 Å². The van der Waals surface area contributed by atoms with Gasteiger partial charge in [-0.1, -0.05) is 18.2 Å². The van der Waals surface area contributed by atoms with Crippen LogP contribution in [0.2, 0.25) is 0 Å². The molecule has 1 aromatic carbocycles. The SMILES string of the molecule is CCOC(=O)[C@@H]1O[C@H](OC)C=C[C@H]1OCc1ccc(OC)cc1. The second kappa shape index (κ2) is 8.67. The third-order valence-corrected chi connectivity index (χ3v) is 3.39. The second-order valence-corrected chi connectivity index (χ2v) is 4.92. The van der Waals surface area contributed by atoms with Crippen LogP contribution in [0.25, 0.3) is 0 Å². The number of carbonyl (C=O) groups excluding carboxylic acids is 1. The molecule has 0 radical (unpaired) electrons. The molecular weight excluding hydrogens is 300 g/mol. The zero-order valence-corrected chi connectivity index (χ0v) is 13.6. The number of rotatable bonds is 7. The molecule has 0 unspecified atom stereocenters. The molecule has 6 heteroatoms. The molecular formula is C17H22O6. The lowest BCUT2D eigenvalue weighted by Gasteiger charge is -2.30. The van der Waals surface area contributed by atoms with Crippen molar-refractivity contribution < 1.29 is 28.5 Å². The topological polar surface area (TPSA) is 63.2 Å². The van der Waals surface area contributed by atoms with Crippen molar-refractivity contribution >= 4 is 5.97 Å². The van der Waals surface area contributed by atoms with Gasteiger partial charge in [-0.3, -0.25) is 0 Å². The van der Waals surface area contributed by atoms with E-state index in [0.717, 1.165) is 11.3 Å². The van der Waals surface area contributed by atoms with Gasteiger partial charge in [-0.2, -0.15) is 0 Å². The Labute approximate surface area is 135 Å². The molecule has 0 bridgehead atoms. The monoisotopic (exact) mass is 322 g/mol. The normalized spacial score (nSPS) is 23.5. The summed E-state index contributed by atoms with van der Waals surface area (Å²) in [5.41, 5.74) is 0.968. The van der Waals surface area contributed by atoms with Crippen LogP contribution in [0.3, 0.4) is 0 Å². The van der Waals surface area contributed by atoms with E-state index < -0.39 is 24.5 Å². The van der Waals surface area contributed by atoms with Crippen LogP contribution in [0.15, 0.2) is 36.4 Å². The zero-order chi connectivity index (χ0) is 16.7.